The second-order valence-corrected chi connectivity index (χ2v) is 8.07. The van der Waals surface area contributed by atoms with Gasteiger partial charge in [0.1, 0.15) is 0 Å². The van der Waals surface area contributed by atoms with Crippen LogP contribution in [0.1, 0.15) is 50.7 Å². The Morgan fingerprint density at radius 3 is 2.38 bits per heavy atom. The monoisotopic (exact) mass is 388 g/mol. The molecule has 26 heavy (non-hydrogen) atoms. The first-order valence-corrected chi connectivity index (χ1v) is 9.43. The molecule has 0 unspecified atom stereocenters. The summed E-state index contributed by atoms with van der Waals surface area (Å²) in [5.41, 5.74) is -1.10. The molecule has 1 aliphatic heterocycles. The van der Waals surface area contributed by atoms with Gasteiger partial charge in [0.25, 0.3) is 0 Å². The van der Waals surface area contributed by atoms with E-state index in [0.717, 1.165) is 38.1 Å². The molecule has 1 aliphatic carbocycles. The van der Waals surface area contributed by atoms with Gasteiger partial charge in [0.05, 0.1) is 11.1 Å². The maximum atomic E-state index is 13.0. The second-order valence-electron chi connectivity index (χ2n) is 7.67. The van der Waals surface area contributed by atoms with E-state index in [1.54, 1.807) is 0 Å². The molecule has 1 aromatic carbocycles. The molecule has 0 atom stereocenters. The maximum Gasteiger partial charge on any atom is 0.416 e. The molecule has 144 valence electrons. The van der Waals surface area contributed by atoms with Crippen molar-refractivity contribution in [2.75, 3.05) is 13.1 Å². The maximum absolute atomic E-state index is 13.0. The van der Waals surface area contributed by atoms with Crippen LogP contribution in [0.15, 0.2) is 18.2 Å². The van der Waals surface area contributed by atoms with Crippen LogP contribution >= 0.6 is 11.6 Å². The van der Waals surface area contributed by atoms with Crippen molar-refractivity contribution in [2.24, 2.45) is 5.92 Å². The molecule has 1 N–H and O–H groups in total. The normalized spacial score (nSPS) is 21.0. The topological polar surface area (TPSA) is 32.3 Å². The van der Waals surface area contributed by atoms with Crippen molar-refractivity contribution in [3.63, 3.8) is 0 Å². The molecular weight excluding hydrogens is 365 g/mol. The van der Waals surface area contributed by atoms with Crippen LogP contribution in [0.5, 0.6) is 0 Å². The van der Waals surface area contributed by atoms with Crippen LogP contribution in [0, 0.1) is 5.92 Å². The number of rotatable bonds is 4. The molecule has 1 saturated heterocycles. The van der Waals surface area contributed by atoms with Gasteiger partial charge >= 0.3 is 6.18 Å². The summed E-state index contributed by atoms with van der Waals surface area (Å²) in [6.07, 6.45) is -1.65. The summed E-state index contributed by atoms with van der Waals surface area (Å²) in [6, 6.07) is 3.78. The molecule has 3 nitrogen and oxygen atoms in total. The fraction of sp³-hybridized carbons (Fsp3) is 0.632. The van der Waals surface area contributed by atoms with Crippen molar-refractivity contribution in [1.29, 1.82) is 0 Å². The lowest BCUT2D eigenvalue weighted by atomic mass is 9.93. The van der Waals surface area contributed by atoms with Gasteiger partial charge in [-0.15, -0.1) is 0 Å². The lowest BCUT2D eigenvalue weighted by molar-refractivity contribution is -0.137. The number of carbonyl (C=O) groups is 1. The van der Waals surface area contributed by atoms with Gasteiger partial charge in [-0.05, 0) is 76.4 Å². The average Bonchev–Trinajstić information content (AvgIpc) is 3.34. The van der Waals surface area contributed by atoms with Crippen molar-refractivity contribution in [3.05, 3.63) is 34.3 Å². The number of hydrogen-bond acceptors (Lipinski definition) is 2. The average molecular weight is 389 g/mol. The molecule has 0 aromatic heterocycles. The van der Waals surface area contributed by atoms with Crippen molar-refractivity contribution >= 4 is 17.5 Å². The number of halogens is 4. The number of amides is 1. The summed E-state index contributed by atoms with van der Waals surface area (Å²) in [7, 11) is 0. The summed E-state index contributed by atoms with van der Waals surface area (Å²) in [4.78, 5) is 15.0. The first-order valence-electron chi connectivity index (χ1n) is 9.06. The zero-order valence-corrected chi connectivity index (χ0v) is 15.8. The van der Waals surface area contributed by atoms with Gasteiger partial charge in [0.2, 0.25) is 5.91 Å². The predicted molar refractivity (Wildman–Crippen MR) is 94.9 cm³/mol. The first-order chi connectivity index (χ1) is 12.1. The summed E-state index contributed by atoms with van der Waals surface area (Å²) < 4.78 is 39.1. The summed E-state index contributed by atoms with van der Waals surface area (Å²) in [6.45, 7) is 6.00. The van der Waals surface area contributed by atoms with Crippen LogP contribution in [-0.2, 0) is 16.5 Å². The highest BCUT2D eigenvalue weighted by atomic mass is 35.5. The second kappa shape index (κ2) is 7.04. The fourth-order valence-electron chi connectivity index (χ4n) is 3.67. The number of hydrogen-bond donors (Lipinski definition) is 1. The molecule has 1 aromatic rings. The van der Waals surface area contributed by atoms with E-state index in [2.05, 4.69) is 24.1 Å². The van der Waals surface area contributed by atoms with E-state index in [4.69, 9.17) is 11.6 Å². The molecule has 1 amide bonds. The Labute approximate surface area is 156 Å². The Bertz CT molecular complexity index is 678. The van der Waals surface area contributed by atoms with Crippen LogP contribution in [-0.4, -0.2) is 29.9 Å². The molecule has 0 spiro atoms. The number of piperidine rings is 1. The zero-order chi connectivity index (χ0) is 19.1. The van der Waals surface area contributed by atoms with Gasteiger partial charge in [-0.2, -0.15) is 13.2 Å². The van der Waals surface area contributed by atoms with Gasteiger partial charge in [-0.3, -0.25) is 4.79 Å². The summed E-state index contributed by atoms with van der Waals surface area (Å²) in [5.74, 6) is -0.161. The molecule has 7 heteroatoms. The summed E-state index contributed by atoms with van der Waals surface area (Å²) >= 11 is 6.17. The number of nitrogens with zero attached hydrogens (tertiary/aromatic N) is 1. The van der Waals surface area contributed by atoms with E-state index in [1.807, 2.05) is 0 Å². The van der Waals surface area contributed by atoms with Gasteiger partial charge in [-0.1, -0.05) is 11.6 Å². The third-order valence-corrected chi connectivity index (χ3v) is 5.88. The molecule has 0 bridgehead atoms. The van der Waals surface area contributed by atoms with E-state index in [-0.39, 0.29) is 16.8 Å². The predicted octanol–water partition coefficient (Wildman–Crippen LogP) is 4.58. The van der Waals surface area contributed by atoms with Gasteiger partial charge in [0.15, 0.2) is 0 Å². The molecular formula is C19H24ClF3N2O. The van der Waals surface area contributed by atoms with Gasteiger partial charge in [-0.25, -0.2) is 0 Å². The SMILES string of the molecule is CC(C)N1CCC(C(=O)NC2(c3cc(C(F)(F)F)ccc3Cl)CC2)CC1. The zero-order valence-electron chi connectivity index (χ0n) is 15.0. The highest BCUT2D eigenvalue weighted by Crippen LogP contribution is 2.49. The number of likely N-dealkylation sites (tertiary alicyclic amines) is 1. The third-order valence-electron chi connectivity index (χ3n) is 5.55. The van der Waals surface area contributed by atoms with E-state index in [1.165, 1.54) is 6.07 Å². The fourth-order valence-corrected chi connectivity index (χ4v) is 3.97. The van der Waals surface area contributed by atoms with Crippen LogP contribution in [0.2, 0.25) is 5.02 Å². The van der Waals surface area contributed by atoms with E-state index < -0.39 is 17.3 Å². The Hall–Kier alpha value is -1.27. The van der Waals surface area contributed by atoms with Crippen molar-refractivity contribution < 1.29 is 18.0 Å². The van der Waals surface area contributed by atoms with Crippen LogP contribution in [0.25, 0.3) is 0 Å². The van der Waals surface area contributed by atoms with Crippen molar-refractivity contribution in [2.45, 2.75) is 57.3 Å². The standard InChI is InChI=1S/C19H24ClF3N2O/c1-12(2)25-9-5-13(6-10-25)17(26)24-18(7-8-18)15-11-14(19(21,22)23)3-4-16(15)20/h3-4,11-13H,5-10H2,1-2H3,(H,24,26). The number of alkyl halides is 3. The number of benzene rings is 1. The molecule has 1 saturated carbocycles. The highest BCUT2D eigenvalue weighted by molar-refractivity contribution is 6.31. The Morgan fingerprint density at radius 1 is 1.27 bits per heavy atom. The molecule has 2 aliphatic rings. The highest BCUT2D eigenvalue weighted by Gasteiger charge is 2.48. The third kappa shape index (κ3) is 4.01. The van der Waals surface area contributed by atoms with Crippen LogP contribution < -0.4 is 5.32 Å². The Morgan fingerprint density at radius 2 is 1.88 bits per heavy atom. The van der Waals surface area contributed by atoms with E-state index in [0.29, 0.717) is 24.4 Å². The molecule has 1 heterocycles. The smallest absolute Gasteiger partial charge is 0.346 e. The minimum Gasteiger partial charge on any atom is -0.346 e. The van der Waals surface area contributed by atoms with Crippen LogP contribution in [0.3, 0.4) is 0 Å². The largest absolute Gasteiger partial charge is 0.416 e. The lowest BCUT2D eigenvalue weighted by Gasteiger charge is -2.34. The quantitative estimate of drug-likeness (QED) is 0.818. The Balaban J connectivity index is 1.71. The summed E-state index contributed by atoms with van der Waals surface area (Å²) in [5, 5.41) is 3.28. The molecule has 0 radical (unpaired) electrons. The lowest BCUT2D eigenvalue weighted by Crippen LogP contribution is -2.45. The van der Waals surface area contributed by atoms with Crippen molar-refractivity contribution in [1.82, 2.24) is 10.2 Å². The van der Waals surface area contributed by atoms with Gasteiger partial charge < -0.3 is 10.2 Å². The number of carbonyl (C=O) groups excluding carboxylic acids is 1. The van der Waals surface area contributed by atoms with E-state index in [9.17, 15) is 18.0 Å². The first kappa shape index (κ1) is 19.5. The minimum atomic E-state index is -4.43. The Kier molecular flexibility index (Phi) is 5.28. The van der Waals surface area contributed by atoms with Crippen LogP contribution in [0.4, 0.5) is 13.2 Å². The minimum absolute atomic E-state index is 0.0700. The van der Waals surface area contributed by atoms with Gasteiger partial charge in [0, 0.05) is 17.0 Å². The molecule has 3 rings (SSSR count). The molecule has 2 fully saturated rings. The van der Waals surface area contributed by atoms with E-state index >= 15 is 0 Å². The van der Waals surface area contributed by atoms with Crippen molar-refractivity contribution in [3.8, 4) is 0 Å². The number of nitrogens with one attached hydrogen (secondary N) is 1.